The summed E-state index contributed by atoms with van der Waals surface area (Å²) in [6.45, 7) is 0.224. The molecule has 0 spiro atoms. The number of non-ortho nitro benzene ring substituents is 1. The van der Waals surface area contributed by atoms with Gasteiger partial charge in [-0.25, -0.2) is 0 Å². The van der Waals surface area contributed by atoms with Crippen molar-refractivity contribution in [1.82, 2.24) is 4.90 Å². The van der Waals surface area contributed by atoms with Gasteiger partial charge in [0.15, 0.2) is 6.61 Å². The number of methoxy groups -OCH3 is 1. The highest BCUT2D eigenvalue weighted by Gasteiger charge is 2.16. The summed E-state index contributed by atoms with van der Waals surface area (Å²) in [6, 6.07) is 15.0. The highest BCUT2D eigenvalue weighted by Crippen LogP contribution is 2.34. The fourth-order valence-corrected chi connectivity index (χ4v) is 3.90. The van der Waals surface area contributed by atoms with E-state index in [1.54, 1.807) is 49.4 Å². The summed E-state index contributed by atoms with van der Waals surface area (Å²) in [6.07, 6.45) is 0. The molecule has 9 heteroatoms. The number of nitro benzene ring substituents is 1. The van der Waals surface area contributed by atoms with Gasteiger partial charge in [0, 0.05) is 29.6 Å². The minimum atomic E-state index is -0.470. The monoisotopic (exact) mass is 446 g/mol. The van der Waals surface area contributed by atoms with Crippen molar-refractivity contribution in [2.45, 2.75) is 6.54 Å². The molecule has 30 heavy (non-hydrogen) atoms. The van der Waals surface area contributed by atoms with Gasteiger partial charge in [-0.2, -0.15) is 0 Å². The van der Waals surface area contributed by atoms with Gasteiger partial charge < -0.3 is 14.4 Å². The van der Waals surface area contributed by atoms with Crippen LogP contribution in [0.2, 0.25) is 4.34 Å². The van der Waals surface area contributed by atoms with Crippen molar-refractivity contribution < 1.29 is 19.2 Å². The molecular formula is C21H19ClN2O5S. The molecule has 0 saturated carbocycles. The van der Waals surface area contributed by atoms with Gasteiger partial charge in [0.1, 0.15) is 11.5 Å². The van der Waals surface area contributed by atoms with Crippen LogP contribution >= 0.6 is 22.9 Å². The van der Waals surface area contributed by atoms with Crippen molar-refractivity contribution >= 4 is 34.5 Å². The molecule has 0 bridgehead atoms. The van der Waals surface area contributed by atoms with Crippen LogP contribution < -0.4 is 9.47 Å². The molecule has 0 atom stereocenters. The molecule has 1 amide bonds. The molecule has 3 aromatic rings. The molecule has 0 aliphatic heterocycles. The third-order valence-electron chi connectivity index (χ3n) is 4.37. The van der Waals surface area contributed by atoms with Gasteiger partial charge in [0.05, 0.1) is 22.9 Å². The average Bonchev–Trinajstić information content (AvgIpc) is 3.16. The first-order valence-electron chi connectivity index (χ1n) is 8.91. The number of carbonyl (C=O) groups is 1. The van der Waals surface area contributed by atoms with E-state index in [0.29, 0.717) is 33.5 Å². The SMILES string of the molecule is COc1ccc(-c2cc([N+](=O)[O-])ccc2OCC(=O)N(C)Cc2ccc(Cl)s2)cc1. The number of likely N-dealkylation sites (N-methyl/N-ethyl adjacent to an activating group) is 1. The maximum atomic E-state index is 12.5. The van der Waals surface area contributed by atoms with Crippen molar-refractivity contribution in [3.05, 3.63) is 73.9 Å². The minimum Gasteiger partial charge on any atom is -0.497 e. The average molecular weight is 447 g/mol. The zero-order valence-corrected chi connectivity index (χ0v) is 17.9. The number of nitrogens with zero attached hydrogens (tertiary/aromatic N) is 2. The molecule has 7 nitrogen and oxygen atoms in total. The standard InChI is InChI=1S/C21H19ClN2O5S/c1-23(12-17-8-10-20(22)30-17)21(25)13-29-19-9-5-15(24(26)27)11-18(19)14-3-6-16(28-2)7-4-14/h3-11H,12-13H2,1-2H3. The van der Waals surface area contributed by atoms with Gasteiger partial charge in [0.2, 0.25) is 0 Å². The normalized spacial score (nSPS) is 10.5. The molecule has 0 N–H and O–H groups in total. The Kier molecular flexibility index (Phi) is 6.91. The highest BCUT2D eigenvalue weighted by atomic mass is 35.5. The number of benzene rings is 2. The predicted molar refractivity (Wildman–Crippen MR) is 116 cm³/mol. The molecule has 0 aliphatic rings. The molecular weight excluding hydrogens is 428 g/mol. The van der Waals surface area contributed by atoms with E-state index in [4.69, 9.17) is 21.1 Å². The van der Waals surface area contributed by atoms with Crippen LogP contribution in [0.3, 0.4) is 0 Å². The fraction of sp³-hybridized carbons (Fsp3) is 0.190. The van der Waals surface area contributed by atoms with Crippen molar-refractivity contribution in [1.29, 1.82) is 0 Å². The van der Waals surface area contributed by atoms with Crippen LogP contribution in [0, 0.1) is 10.1 Å². The van der Waals surface area contributed by atoms with Crippen LogP contribution in [0.4, 0.5) is 5.69 Å². The molecule has 156 valence electrons. The summed E-state index contributed by atoms with van der Waals surface area (Å²) in [5.74, 6) is 0.822. The maximum Gasteiger partial charge on any atom is 0.270 e. The number of halogens is 1. The largest absolute Gasteiger partial charge is 0.497 e. The van der Waals surface area contributed by atoms with E-state index in [1.807, 2.05) is 6.07 Å². The van der Waals surface area contributed by atoms with E-state index in [0.717, 1.165) is 4.88 Å². The molecule has 0 fully saturated rings. The second-order valence-corrected chi connectivity index (χ2v) is 8.21. The Morgan fingerprint density at radius 1 is 1.17 bits per heavy atom. The topological polar surface area (TPSA) is 81.9 Å². The number of thiophene rings is 1. The van der Waals surface area contributed by atoms with Crippen molar-refractivity contribution in [3.63, 3.8) is 0 Å². The molecule has 3 rings (SSSR count). The molecule has 0 radical (unpaired) electrons. The number of hydrogen-bond acceptors (Lipinski definition) is 6. The molecule has 0 saturated heterocycles. The second-order valence-electron chi connectivity index (χ2n) is 6.41. The number of rotatable bonds is 8. The minimum absolute atomic E-state index is 0.0637. The van der Waals surface area contributed by atoms with Crippen LogP contribution in [0.15, 0.2) is 54.6 Å². The van der Waals surface area contributed by atoms with Gasteiger partial charge >= 0.3 is 0 Å². The zero-order valence-electron chi connectivity index (χ0n) is 16.3. The molecule has 0 unspecified atom stereocenters. The first-order chi connectivity index (χ1) is 14.4. The van der Waals surface area contributed by atoms with Gasteiger partial charge in [-0.05, 0) is 35.9 Å². The van der Waals surface area contributed by atoms with E-state index in [9.17, 15) is 14.9 Å². The summed E-state index contributed by atoms with van der Waals surface area (Å²) in [5.41, 5.74) is 1.17. The van der Waals surface area contributed by atoms with Crippen LogP contribution in [-0.2, 0) is 11.3 Å². The maximum absolute atomic E-state index is 12.5. The number of carbonyl (C=O) groups excluding carboxylic acids is 1. The Morgan fingerprint density at radius 2 is 1.90 bits per heavy atom. The van der Waals surface area contributed by atoms with Crippen molar-refractivity contribution in [2.24, 2.45) is 0 Å². The quantitative estimate of drug-likeness (QED) is 0.358. The Morgan fingerprint density at radius 3 is 2.50 bits per heavy atom. The lowest BCUT2D eigenvalue weighted by atomic mass is 10.0. The third kappa shape index (κ3) is 5.28. The van der Waals surface area contributed by atoms with Crippen molar-refractivity contribution in [3.8, 4) is 22.6 Å². The highest BCUT2D eigenvalue weighted by molar-refractivity contribution is 7.16. The summed E-state index contributed by atoms with van der Waals surface area (Å²) >= 11 is 7.34. The summed E-state index contributed by atoms with van der Waals surface area (Å²) in [7, 11) is 3.24. The number of nitro groups is 1. The lowest BCUT2D eigenvalue weighted by molar-refractivity contribution is -0.384. The lowest BCUT2D eigenvalue weighted by Crippen LogP contribution is -2.30. The molecule has 2 aromatic carbocycles. The van der Waals surface area contributed by atoms with E-state index < -0.39 is 4.92 Å². The molecule has 1 aromatic heterocycles. The van der Waals surface area contributed by atoms with Gasteiger partial charge in [-0.1, -0.05) is 23.7 Å². The Bertz CT molecular complexity index is 1050. The predicted octanol–water partition coefficient (Wildman–Crippen LogP) is 5.02. The Labute approximate surface area is 182 Å². The van der Waals surface area contributed by atoms with Gasteiger partial charge in [0.25, 0.3) is 11.6 Å². The van der Waals surface area contributed by atoms with E-state index >= 15 is 0 Å². The Balaban J connectivity index is 1.77. The summed E-state index contributed by atoms with van der Waals surface area (Å²) < 4.78 is 11.6. The number of amides is 1. The third-order valence-corrected chi connectivity index (χ3v) is 5.59. The van der Waals surface area contributed by atoms with Crippen molar-refractivity contribution in [2.75, 3.05) is 20.8 Å². The first-order valence-corrected chi connectivity index (χ1v) is 10.1. The van der Waals surface area contributed by atoms with Crippen LogP contribution in [-0.4, -0.2) is 36.5 Å². The fourth-order valence-electron chi connectivity index (χ4n) is 2.76. The van der Waals surface area contributed by atoms with Crippen LogP contribution in [0.5, 0.6) is 11.5 Å². The smallest absolute Gasteiger partial charge is 0.270 e. The Hall–Kier alpha value is -3.10. The van der Waals surface area contributed by atoms with Gasteiger partial charge in [-0.3, -0.25) is 14.9 Å². The lowest BCUT2D eigenvalue weighted by Gasteiger charge is -2.17. The molecule has 0 aliphatic carbocycles. The van der Waals surface area contributed by atoms with E-state index in [1.165, 1.54) is 29.5 Å². The van der Waals surface area contributed by atoms with Crippen LogP contribution in [0.1, 0.15) is 4.88 Å². The molecule has 1 heterocycles. The van der Waals surface area contributed by atoms with Crippen LogP contribution in [0.25, 0.3) is 11.1 Å². The number of ether oxygens (including phenoxy) is 2. The summed E-state index contributed by atoms with van der Waals surface area (Å²) in [4.78, 5) is 25.7. The first kappa shape index (κ1) is 21.6. The van der Waals surface area contributed by atoms with Gasteiger partial charge in [-0.15, -0.1) is 11.3 Å². The summed E-state index contributed by atoms with van der Waals surface area (Å²) in [5, 5.41) is 11.2. The second kappa shape index (κ2) is 9.60. The number of hydrogen-bond donors (Lipinski definition) is 0. The zero-order chi connectivity index (χ0) is 21.7. The van der Waals surface area contributed by atoms with E-state index in [-0.39, 0.29) is 18.2 Å². The van der Waals surface area contributed by atoms with E-state index in [2.05, 4.69) is 0 Å².